The molecule has 0 aliphatic heterocycles. The van der Waals surface area contributed by atoms with Crippen LogP contribution < -0.4 is 5.32 Å². The van der Waals surface area contributed by atoms with Crippen LogP contribution in [0.5, 0.6) is 0 Å². The van der Waals surface area contributed by atoms with E-state index >= 15 is 0 Å². The molecule has 2 N–H and O–H groups in total. The van der Waals surface area contributed by atoms with Crippen molar-refractivity contribution in [3.8, 4) is 11.5 Å². The van der Waals surface area contributed by atoms with Gasteiger partial charge in [0.25, 0.3) is 5.89 Å². The van der Waals surface area contributed by atoms with E-state index in [0.717, 1.165) is 6.26 Å². The molecule has 0 unspecified atom stereocenters. The molecular formula is C21H19ClN4O5S2. The van der Waals surface area contributed by atoms with Crippen LogP contribution in [-0.2, 0) is 19.4 Å². The largest absolute Gasteiger partial charge is 0.450 e. The summed E-state index contributed by atoms with van der Waals surface area (Å²) >= 11 is 7.52. The summed E-state index contributed by atoms with van der Waals surface area (Å²) in [7, 11) is -3.43. The first-order valence-electron chi connectivity index (χ1n) is 9.31. The minimum Gasteiger partial charge on any atom is -0.450 e. The fraction of sp³-hybridized carbons (Fsp3) is 0.143. The highest BCUT2D eigenvalue weighted by Gasteiger charge is 2.18. The maximum absolute atomic E-state index is 12.1. The van der Waals surface area contributed by atoms with Gasteiger partial charge in [-0.15, -0.1) is 22.0 Å². The lowest BCUT2D eigenvalue weighted by Gasteiger charge is -2.10. The average molecular weight is 507 g/mol. The first-order valence-corrected chi connectivity index (χ1v) is 13.0. The van der Waals surface area contributed by atoms with Crippen LogP contribution in [0.3, 0.4) is 0 Å². The molecule has 0 spiro atoms. The van der Waals surface area contributed by atoms with Crippen LogP contribution in [0.1, 0.15) is 5.89 Å². The number of benzene rings is 2. The van der Waals surface area contributed by atoms with Crippen LogP contribution in [0.25, 0.3) is 17.2 Å². The lowest BCUT2D eigenvalue weighted by atomic mass is 10.2. The molecule has 3 rings (SSSR count). The molecule has 12 heteroatoms. The van der Waals surface area contributed by atoms with E-state index < -0.39 is 21.5 Å². The molecule has 0 aliphatic carbocycles. The van der Waals surface area contributed by atoms with Crippen molar-refractivity contribution in [1.82, 2.24) is 10.2 Å². The van der Waals surface area contributed by atoms with E-state index in [9.17, 15) is 13.2 Å². The van der Waals surface area contributed by atoms with Gasteiger partial charge in [-0.3, -0.25) is 5.41 Å². The Morgan fingerprint density at radius 1 is 1.24 bits per heavy atom. The first kappa shape index (κ1) is 24.5. The molecule has 1 heterocycles. The smallest absolute Gasteiger partial charge is 0.357 e. The SMILES string of the molecule is CSCOC(=O)C(=N)/C=C(\Nc1ccccc1Cl)c1nnc(-c2cccc(S(C)(=O)=O)c2)o1. The van der Waals surface area contributed by atoms with E-state index in [1.54, 1.807) is 42.7 Å². The minimum atomic E-state index is -3.43. The van der Waals surface area contributed by atoms with Gasteiger partial charge >= 0.3 is 5.97 Å². The third-order valence-electron chi connectivity index (χ3n) is 4.12. The zero-order chi connectivity index (χ0) is 24.0. The second-order valence-electron chi connectivity index (χ2n) is 6.63. The van der Waals surface area contributed by atoms with E-state index in [1.807, 2.05) is 0 Å². The molecule has 172 valence electrons. The van der Waals surface area contributed by atoms with Crippen LogP contribution in [0.15, 0.2) is 63.9 Å². The summed E-state index contributed by atoms with van der Waals surface area (Å²) in [4.78, 5) is 12.2. The normalized spacial score (nSPS) is 11.8. The quantitative estimate of drug-likeness (QED) is 0.249. The van der Waals surface area contributed by atoms with Crippen LogP contribution in [-0.4, -0.2) is 48.7 Å². The molecule has 0 atom stereocenters. The highest BCUT2D eigenvalue weighted by molar-refractivity contribution is 7.98. The molecule has 1 aromatic heterocycles. The Bertz CT molecular complexity index is 1320. The van der Waals surface area contributed by atoms with Gasteiger partial charge in [0.2, 0.25) is 5.89 Å². The number of esters is 1. The Morgan fingerprint density at radius 2 is 2.00 bits per heavy atom. The van der Waals surface area contributed by atoms with Crippen LogP contribution in [0.2, 0.25) is 5.02 Å². The fourth-order valence-electron chi connectivity index (χ4n) is 2.56. The maximum atomic E-state index is 12.1. The third-order valence-corrected chi connectivity index (χ3v) is 5.92. The van der Waals surface area contributed by atoms with Gasteiger partial charge in [0, 0.05) is 11.8 Å². The molecule has 0 bridgehead atoms. The highest BCUT2D eigenvalue weighted by atomic mass is 35.5. The summed E-state index contributed by atoms with van der Waals surface area (Å²) in [6.45, 7) is 0. The summed E-state index contributed by atoms with van der Waals surface area (Å²) in [6.07, 6.45) is 4.05. The number of carbonyl (C=O) groups excluding carboxylic acids is 1. The topological polar surface area (TPSA) is 135 Å². The lowest BCUT2D eigenvalue weighted by Crippen LogP contribution is -2.15. The summed E-state index contributed by atoms with van der Waals surface area (Å²) in [6, 6.07) is 12.9. The lowest BCUT2D eigenvalue weighted by molar-refractivity contribution is -0.133. The molecule has 0 amide bonds. The van der Waals surface area contributed by atoms with Gasteiger partial charge in [-0.25, -0.2) is 13.2 Å². The second-order valence-corrected chi connectivity index (χ2v) is 9.86. The number of hydrogen-bond acceptors (Lipinski definition) is 10. The average Bonchev–Trinajstić information content (AvgIpc) is 3.28. The van der Waals surface area contributed by atoms with Crippen LogP contribution in [0, 0.1) is 5.41 Å². The number of anilines is 1. The molecule has 33 heavy (non-hydrogen) atoms. The molecule has 3 aromatic rings. The van der Waals surface area contributed by atoms with E-state index in [1.165, 1.54) is 30.0 Å². The number of sulfone groups is 1. The van der Waals surface area contributed by atoms with Crippen molar-refractivity contribution in [2.45, 2.75) is 4.90 Å². The Hall–Kier alpha value is -3.15. The number of ether oxygens (including phenoxy) is 1. The van der Waals surface area contributed by atoms with E-state index in [4.69, 9.17) is 26.2 Å². The van der Waals surface area contributed by atoms with Crippen molar-refractivity contribution in [3.63, 3.8) is 0 Å². The molecular weight excluding hydrogens is 488 g/mol. The summed E-state index contributed by atoms with van der Waals surface area (Å²) in [5.41, 5.74) is 0.558. The predicted molar refractivity (Wildman–Crippen MR) is 128 cm³/mol. The van der Waals surface area contributed by atoms with Gasteiger partial charge in [-0.1, -0.05) is 29.8 Å². The van der Waals surface area contributed by atoms with Crippen molar-refractivity contribution in [1.29, 1.82) is 5.41 Å². The van der Waals surface area contributed by atoms with Crippen molar-refractivity contribution in [2.24, 2.45) is 0 Å². The highest BCUT2D eigenvalue weighted by Crippen LogP contribution is 2.27. The monoisotopic (exact) mass is 506 g/mol. The van der Waals surface area contributed by atoms with Gasteiger partial charge in [0.1, 0.15) is 17.3 Å². The van der Waals surface area contributed by atoms with Crippen molar-refractivity contribution in [2.75, 3.05) is 23.8 Å². The number of halogens is 1. The number of nitrogens with zero attached hydrogens (tertiary/aromatic N) is 2. The summed E-state index contributed by atoms with van der Waals surface area (Å²) in [5, 5.41) is 19.4. The number of nitrogens with one attached hydrogen (secondary N) is 2. The standard InChI is InChI=1S/C21H19ClN4O5S2/c1-32-12-30-21(27)16(23)11-18(24-17-9-4-3-8-15(17)22)20-26-25-19(31-20)13-6-5-7-14(10-13)33(2,28)29/h3-11,23-24H,12H2,1-2H3/b18-11-,23-16?. The van der Waals surface area contributed by atoms with E-state index in [-0.39, 0.29) is 28.3 Å². The van der Waals surface area contributed by atoms with Crippen molar-refractivity contribution >= 4 is 56.3 Å². The predicted octanol–water partition coefficient (Wildman–Crippen LogP) is 4.13. The van der Waals surface area contributed by atoms with Gasteiger partial charge < -0.3 is 14.5 Å². The molecule has 0 saturated carbocycles. The molecule has 0 saturated heterocycles. The zero-order valence-corrected chi connectivity index (χ0v) is 19.9. The van der Waals surface area contributed by atoms with E-state index in [0.29, 0.717) is 16.3 Å². The molecule has 0 aliphatic rings. The van der Waals surface area contributed by atoms with Crippen LogP contribution in [0.4, 0.5) is 5.69 Å². The second kappa shape index (κ2) is 10.6. The zero-order valence-electron chi connectivity index (χ0n) is 17.5. The number of aromatic nitrogens is 2. The van der Waals surface area contributed by atoms with Gasteiger partial charge in [-0.05, 0) is 42.7 Å². The molecule has 2 aromatic carbocycles. The third kappa shape index (κ3) is 6.44. The summed E-state index contributed by atoms with van der Waals surface area (Å²) < 4.78 is 34.4. The number of para-hydroxylation sites is 1. The van der Waals surface area contributed by atoms with Crippen LogP contribution >= 0.6 is 23.4 Å². The number of thioether (sulfide) groups is 1. The maximum Gasteiger partial charge on any atom is 0.357 e. The van der Waals surface area contributed by atoms with Gasteiger partial charge in [0.05, 0.1) is 15.6 Å². The molecule has 0 fully saturated rings. The van der Waals surface area contributed by atoms with E-state index in [2.05, 4.69) is 15.5 Å². The molecule has 0 radical (unpaired) electrons. The van der Waals surface area contributed by atoms with Crippen molar-refractivity contribution < 1.29 is 22.4 Å². The number of rotatable bonds is 9. The Labute approximate surface area is 199 Å². The Kier molecular flexibility index (Phi) is 7.90. The first-order chi connectivity index (χ1) is 15.7. The Morgan fingerprint density at radius 3 is 2.70 bits per heavy atom. The van der Waals surface area contributed by atoms with Gasteiger partial charge in [-0.2, -0.15) is 0 Å². The van der Waals surface area contributed by atoms with Gasteiger partial charge in [0.15, 0.2) is 9.84 Å². The Balaban J connectivity index is 1.99. The molecule has 9 nitrogen and oxygen atoms in total. The summed E-state index contributed by atoms with van der Waals surface area (Å²) in [5.74, 6) is -0.719. The fourth-order valence-corrected chi connectivity index (χ4v) is 3.64. The minimum absolute atomic E-state index is 0.0444. The number of hydrogen-bond donors (Lipinski definition) is 2. The number of carbonyl (C=O) groups is 1. The van der Waals surface area contributed by atoms with Crippen molar-refractivity contribution in [3.05, 3.63) is 65.5 Å².